The molecule has 0 fully saturated rings. The number of para-hydroxylation sites is 2. The first-order valence-electron chi connectivity index (χ1n) is 9.84. The second-order valence-electron chi connectivity index (χ2n) is 7.07. The predicted molar refractivity (Wildman–Crippen MR) is 112 cm³/mol. The van der Waals surface area contributed by atoms with Gasteiger partial charge in [-0.3, -0.25) is 0 Å². The van der Waals surface area contributed by atoms with Gasteiger partial charge in [-0.05, 0) is 39.0 Å². The third kappa shape index (κ3) is 5.31. The maximum atomic E-state index is 12.9. The summed E-state index contributed by atoms with van der Waals surface area (Å²) in [6.45, 7) is 5.81. The Hall–Kier alpha value is -3.48. The lowest BCUT2D eigenvalue weighted by Crippen LogP contribution is -2.45. The summed E-state index contributed by atoms with van der Waals surface area (Å²) in [5.74, 6) is 0.777. The molecule has 7 nitrogen and oxygen atoms in total. The number of urea groups is 1. The average molecular weight is 410 g/mol. The Bertz CT molecular complexity index is 924. The number of ether oxygens (including phenoxy) is 3. The van der Waals surface area contributed by atoms with Crippen molar-refractivity contribution in [2.24, 2.45) is 0 Å². The molecule has 0 aromatic heterocycles. The zero-order valence-electron chi connectivity index (χ0n) is 17.3. The first-order chi connectivity index (χ1) is 14.5. The van der Waals surface area contributed by atoms with Crippen molar-refractivity contribution in [3.8, 4) is 11.5 Å². The number of rotatable bonds is 8. The fraction of sp³-hybridized carbons (Fsp3) is 0.304. The third-order valence-electron chi connectivity index (χ3n) is 4.41. The molecule has 30 heavy (non-hydrogen) atoms. The fourth-order valence-corrected chi connectivity index (χ4v) is 3.17. The Labute approximate surface area is 176 Å². The van der Waals surface area contributed by atoms with Crippen molar-refractivity contribution in [2.75, 3.05) is 13.2 Å². The van der Waals surface area contributed by atoms with Gasteiger partial charge in [0.1, 0.15) is 24.7 Å². The maximum absolute atomic E-state index is 12.9. The monoisotopic (exact) mass is 410 g/mol. The lowest BCUT2D eigenvalue weighted by molar-refractivity contribution is -0.140. The maximum Gasteiger partial charge on any atom is 0.338 e. The van der Waals surface area contributed by atoms with Gasteiger partial charge in [-0.15, -0.1) is 0 Å². The van der Waals surface area contributed by atoms with E-state index in [1.165, 1.54) is 0 Å². The van der Waals surface area contributed by atoms with Gasteiger partial charge in [0.05, 0.1) is 17.7 Å². The number of nitrogens with one attached hydrogen (secondary N) is 2. The highest BCUT2D eigenvalue weighted by atomic mass is 16.6. The normalized spacial score (nSPS) is 16.0. The Morgan fingerprint density at radius 3 is 2.47 bits per heavy atom. The summed E-state index contributed by atoms with van der Waals surface area (Å²) in [5.41, 5.74) is 1.46. The zero-order chi connectivity index (χ0) is 21.5. The summed E-state index contributed by atoms with van der Waals surface area (Å²) < 4.78 is 16.9. The van der Waals surface area contributed by atoms with E-state index in [1.54, 1.807) is 6.92 Å². The molecule has 0 aliphatic carbocycles. The van der Waals surface area contributed by atoms with Crippen molar-refractivity contribution in [3.63, 3.8) is 0 Å². The average Bonchev–Trinajstić information content (AvgIpc) is 2.71. The number of hydrogen-bond donors (Lipinski definition) is 2. The summed E-state index contributed by atoms with van der Waals surface area (Å²) in [4.78, 5) is 25.0. The molecule has 1 aliphatic heterocycles. The molecule has 0 unspecified atom stereocenters. The van der Waals surface area contributed by atoms with Gasteiger partial charge in [-0.25, -0.2) is 9.59 Å². The number of carbonyl (C=O) groups excluding carboxylic acids is 2. The quantitative estimate of drug-likeness (QED) is 0.512. The Morgan fingerprint density at radius 1 is 1.03 bits per heavy atom. The molecule has 2 N–H and O–H groups in total. The molecule has 158 valence electrons. The second-order valence-corrected chi connectivity index (χ2v) is 7.07. The number of hydrogen-bond acceptors (Lipinski definition) is 5. The molecule has 0 spiro atoms. The molecule has 0 radical (unpaired) electrons. The van der Waals surface area contributed by atoms with Crippen molar-refractivity contribution in [2.45, 2.75) is 32.9 Å². The predicted octanol–water partition coefficient (Wildman–Crippen LogP) is 3.72. The molecule has 0 saturated heterocycles. The Balaban J connectivity index is 1.74. The van der Waals surface area contributed by atoms with Gasteiger partial charge in [-0.1, -0.05) is 36.4 Å². The van der Waals surface area contributed by atoms with Crippen LogP contribution in [0.1, 0.15) is 32.4 Å². The minimum absolute atomic E-state index is 0.0563. The molecular formula is C23H26N2O5. The van der Waals surface area contributed by atoms with Gasteiger partial charge in [0.15, 0.2) is 0 Å². The highest BCUT2D eigenvalue weighted by molar-refractivity contribution is 5.95. The van der Waals surface area contributed by atoms with E-state index < -0.39 is 12.0 Å². The third-order valence-corrected chi connectivity index (χ3v) is 4.41. The largest absolute Gasteiger partial charge is 0.491 e. The van der Waals surface area contributed by atoms with Crippen LogP contribution in [0.4, 0.5) is 4.79 Å². The number of carbonyl (C=O) groups is 2. The van der Waals surface area contributed by atoms with Crippen molar-refractivity contribution >= 4 is 12.0 Å². The van der Waals surface area contributed by atoms with Crippen LogP contribution in [0, 0.1) is 0 Å². The van der Waals surface area contributed by atoms with E-state index in [0.29, 0.717) is 28.3 Å². The van der Waals surface area contributed by atoms with Crippen molar-refractivity contribution in [3.05, 3.63) is 71.4 Å². The molecule has 3 rings (SSSR count). The lowest BCUT2D eigenvalue weighted by atomic mass is 9.95. The van der Waals surface area contributed by atoms with Crippen molar-refractivity contribution < 1.29 is 23.8 Å². The fourth-order valence-electron chi connectivity index (χ4n) is 3.17. The first-order valence-corrected chi connectivity index (χ1v) is 9.84. The van der Waals surface area contributed by atoms with E-state index >= 15 is 0 Å². The van der Waals surface area contributed by atoms with Gasteiger partial charge in [0.2, 0.25) is 0 Å². The van der Waals surface area contributed by atoms with Crippen LogP contribution in [0.2, 0.25) is 0 Å². The summed E-state index contributed by atoms with van der Waals surface area (Å²) in [6, 6.07) is 15.5. The Morgan fingerprint density at radius 2 is 1.73 bits per heavy atom. The van der Waals surface area contributed by atoms with Crippen LogP contribution in [-0.2, 0) is 9.53 Å². The lowest BCUT2D eigenvalue weighted by Gasteiger charge is -2.29. The summed E-state index contributed by atoms with van der Waals surface area (Å²) in [7, 11) is 0. The van der Waals surface area contributed by atoms with E-state index in [9.17, 15) is 9.59 Å². The van der Waals surface area contributed by atoms with Crippen molar-refractivity contribution in [1.82, 2.24) is 10.6 Å². The van der Waals surface area contributed by atoms with E-state index in [0.717, 1.165) is 0 Å². The molecule has 1 atom stereocenters. The summed E-state index contributed by atoms with van der Waals surface area (Å²) in [5, 5.41) is 5.45. The van der Waals surface area contributed by atoms with Crippen LogP contribution in [0.5, 0.6) is 11.5 Å². The molecule has 2 aromatic carbocycles. The summed E-state index contributed by atoms with van der Waals surface area (Å²) in [6.07, 6.45) is -0.0563. The van der Waals surface area contributed by atoms with Crippen LogP contribution >= 0.6 is 0 Å². The van der Waals surface area contributed by atoms with Gasteiger partial charge in [0, 0.05) is 11.3 Å². The smallest absolute Gasteiger partial charge is 0.338 e. The molecule has 1 aliphatic rings. The van der Waals surface area contributed by atoms with Crippen LogP contribution in [0.15, 0.2) is 65.9 Å². The van der Waals surface area contributed by atoms with Gasteiger partial charge in [-0.2, -0.15) is 0 Å². The van der Waals surface area contributed by atoms with Crippen molar-refractivity contribution in [1.29, 1.82) is 0 Å². The zero-order valence-corrected chi connectivity index (χ0v) is 17.3. The number of benzene rings is 2. The van der Waals surface area contributed by atoms with Gasteiger partial charge in [0.25, 0.3) is 0 Å². The number of amides is 2. The van der Waals surface area contributed by atoms with E-state index in [4.69, 9.17) is 14.2 Å². The van der Waals surface area contributed by atoms with Gasteiger partial charge < -0.3 is 24.8 Å². The molecule has 2 aromatic rings. The minimum atomic E-state index is -0.684. The van der Waals surface area contributed by atoms with E-state index in [2.05, 4.69) is 10.6 Å². The number of allylic oxidation sites excluding steroid dienone is 1. The van der Waals surface area contributed by atoms with E-state index in [1.807, 2.05) is 68.4 Å². The minimum Gasteiger partial charge on any atom is -0.491 e. The van der Waals surface area contributed by atoms with Crippen LogP contribution in [-0.4, -0.2) is 31.3 Å². The van der Waals surface area contributed by atoms with Gasteiger partial charge >= 0.3 is 12.0 Å². The van der Waals surface area contributed by atoms with Crippen LogP contribution < -0.4 is 20.1 Å². The summed E-state index contributed by atoms with van der Waals surface area (Å²) >= 11 is 0. The molecule has 0 saturated carbocycles. The highest BCUT2D eigenvalue weighted by Crippen LogP contribution is 2.34. The number of esters is 1. The van der Waals surface area contributed by atoms with Crippen LogP contribution in [0.3, 0.4) is 0 Å². The standard InChI is InChI=1S/C23H26N2O5/c1-15(2)30-19-12-8-7-11-18(19)21-20(16(3)24-23(27)25-21)22(26)29-14-13-28-17-9-5-4-6-10-17/h4-12,15,21H,13-14H2,1-3H3,(H2,24,25,27)/t21-/m0/s1. The van der Waals surface area contributed by atoms with Crippen LogP contribution in [0.25, 0.3) is 0 Å². The molecule has 7 heteroatoms. The molecular weight excluding hydrogens is 384 g/mol. The second kappa shape index (κ2) is 9.82. The highest BCUT2D eigenvalue weighted by Gasteiger charge is 2.34. The SMILES string of the molecule is CC1=C(C(=O)OCCOc2ccccc2)[C@H](c2ccccc2OC(C)C)NC(=O)N1. The molecule has 1 heterocycles. The first kappa shape index (κ1) is 21.2. The molecule has 0 bridgehead atoms. The Kier molecular flexibility index (Phi) is 6.95. The topological polar surface area (TPSA) is 85.9 Å². The molecule has 2 amide bonds. The van der Waals surface area contributed by atoms with E-state index in [-0.39, 0.29) is 25.3 Å².